The Morgan fingerprint density at radius 1 is 1.14 bits per heavy atom. The molecule has 0 saturated carbocycles. The van der Waals surface area contributed by atoms with Gasteiger partial charge in [0.05, 0.1) is 11.6 Å². The number of hydrogen-bond acceptors (Lipinski definition) is 2. The van der Waals surface area contributed by atoms with Crippen LogP contribution in [0.25, 0.3) is 0 Å². The van der Waals surface area contributed by atoms with E-state index in [4.69, 9.17) is 5.11 Å². The summed E-state index contributed by atoms with van der Waals surface area (Å²) in [4.78, 5) is 23.9. The van der Waals surface area contributed by atoms with Gasteiger partial charge < -0.3 is 9.67 Å². The van der Waals surface area contributed by atoms with Crippen molar-refractivity contribution < 1.29 is 14.7 Å². The average Bonchev–Trinajstić information content (AvgIpc) is 2.73. The second-order valence-corrected chi connectivity index (χ2v) is 5.36. The first-order valence-corrected chi connectivity index (χ1v) is 6.84. The lowest BCUT2D eigenvalue weighted by atomic mass is 10.0. The molecule has 1 aromatic carbocycles. The summed E-state index contributed by atoms with van der Waals surface area (Å²) in [5.74, 6) is -1.62. The molecule has 0 bridgehead atoms. The molecule has 1 heterocycles. The van der Waals surface area contributed by atoms with Gasteiger partial charge in [-0.05, 0) is 38.0 Å². The minimum absolute atomic E-state index is 0.0723. The van der Waals surface area contributed by atoms with Crippen molar-refractivity contribution in [2.75, 3.05) is 0 Å². The van der Waals surface area contributed by atoms with E-state index >= 15 is 0 Å². The molecule has 4 heteroatoms. The molecule has 21 heavy (non-hydrogen) atoms. The molecule has 0 aliphatic heterocycles. The maximum atomic E-state index is 12.7. The number of aromatic nitrogens is 1. The molecular formula is C17H19NO3. The van der Waals surface area contributed by atoms with Crippen LogP contribution in [0.1, 0.15) is 45.7 Å². The SMILES string of the molecule is Cc1ccccc1C(=O)c1c(C)cc(C(C)C(=O)O)n1C. The Morgan fingerprint density at radius 3 is 2.33 bits per heavy atom. The number of carbonyl (C=O) groups excluding carboxylic acids is 1. The molecule has 2 rings (SSSR count). The van der Waals surface area contributed by atoms with Crippen molar-refractivity contribution in [2.24, 2.45) is 7.05 Å². The predicted molar refractivity (Wildman–Crippen MR) is 80.8 cm³/mol. The Balaban J connectivity index is 2.53. The minimum atomic E-state index is -0.898. The van der Waals surface area contributed by atoms with Gasteiger partial charge >= 0.3 is 5.97 Å². The smallest absolute Gasteiger partial charge is 0.312 e. The van der Waals surface area contributed by atoms with Crippen LogP contribution in [-0.2, 0) is 11.8 Å². The number of hydrogen-bond donors (Lipinski definition) is 1. The largest absolute Gasteiger partial charge is 0.481 e. The Hall–Kier alpha value is -2.36. The zero-order valence-electron chi connectivity index (χ0n) is 12.7. The van der Waals surface area contributed by atoms with Crippen molar-refractivity contribution in [3.05, 3.63) is 58.4 Å². The van der Waals surface area contributed by atoms with Crippen molar-refractivity contribution in [1.29, 1.82) is 0 Å². The zero-order valence-corrected chi connectivity index (χ0v) is 12.7. The molecule has 1 N–H and O–H groups in total. The average molecular weight is 285 g/mol. The summed E-state index contributed by atoms with van der Waals surface area (Å²) in [6.45, 7) is 5.36. The summed E-state index contributed by atoms with van der Waals surface area (Å²) in [5, 5.41) is 9.16. The number of ketones is 1. The van der Waals surface area contributed by atoms with Gasteiger partial charge in [-0.1, -0.05) is 24.3 Å². The number of carbonyl (C=O) groups is 2. The van der Waals surface area contributed by atoms with E-state index in [0.29, 0.717) is 17.0 Å². The molecule has 0 amide bonds. The predicted octanol–water partition coefficient (Wildman–Crippen LogP) is 3.06. The van der Waals surface area contributed by atoms with E-state index in [1.165, 1.54) is 0 Å². The van der Waals surface area contributed by atoms with E-state index in [1.807, 2.05) is 32.0 Å². The number of nitrogens with zero attached hydrogens (tertiary/aromatic N) is 1. The van der Waals surface area contributed by atoms with E-state index in [-0.39, 0.29) is 5.78 Å². The van der Waals surface area contributed by atoms with Gasteiger partial charge in [-0.3, -0.25) is 9.59 Å². The van der Waals surface area contributed by atoms with Gasteiger partial charge in [0.25, 0.3) is 0 Å². The molecule has 2 aromatic rings. The molecule has 0 saturated heterocycles. The van der Waals surface area contributed by atoms with Gasteiger partial charge in [-0.2, -0.15) is 0 Å². The van der Waals surface area contributed by atoms with Gasteiger partial charge in [0.15, 0.2) is 0 Å². The summed E-state index contributed by atoms with van der Waals surface area (Å²) in [7, 11) is 1.74. The third-order valence-corrected chi connectivity index (χ3v) is 3.88. The van der Waals surface area contributed by atoms with Gasteiger partial charge in [0.1, 0.15) is 0 Å². The highest BCUT2D eigenvalue weighted by Crippen LogP contribution is 2.24. The van der Waals surface area contributed by atoms with Crippen LogP contribution in [0.15, 0.2) is 30.3 Å². The molecular weight excluding hydrogens is 266 g/mol. The van der Waals surface area contributed by atoms with E-state index in [0.717, 1.165) is 11.1 Å². The molecule has 110 valence electrons. The Morgan fingerprint density at radius 2 is 1.76 bits per heavy atom. The third-order valence-electron chi connectivity index (χ3n) is 3.88. The van der Waals surface area contributed by atoms with Crippen molar-refractivity contribution >= 4 is 11.8 Å². The number of aryl methyl sites for hydroxylation is 2. The fourth-order valence-electron chi connectivity index (χ4n) is 2.61. The molecule has 0 radical (unpaired) electrons. The van der Waals surface area contributed by atoms with E-state index in [2.05, 4.69) is 0 Å². The fraction of sp³-hybridized carbons (Fsp3) is 0.294. The zero-order chi connectivity index (χ0) is 15.7. The molecule has 1 aromatic heterocycles. The number of carboxylic acids is 1. The number of benzene rings is 1. The molecule has 4 nitrogen and oxygen atoms in total. The minimum Gasteiger partial charge on any atom is -0.481 e. The second-order valence-electron chi connectivity index (χ2n) is 5.36. The highest BCUT2D eigenvalue weighted by Gasteiger charge is 2.24. The van der Waals surface area contributed by atoms with Crippen molar-refractivity contribution in [1.82, 2.24) is 4.57 Å². The number of aliphatic carboxylic acids is 1. The maximum absolute atomic E-state index is 12.7. The first-order chi connectivity index (χ1) is 9.84. The second kappa shape index (κ2) is 5.56. The maximum Gasteiger partial charge on any atom is 0.312 e. The molecule has 1 atom stereocenters. The van der Waals surface area contributed by atoms with Crippen LogP contribution in [0.3, 0.4) is 0 Å². The first kappa shape index (κ1) is 15.0. The third kappa shape index (κ3) is 2.61. The molecule has 0 spiro atoms. The van der Waals surface area contributed by atoms with E-state index in [1.54, 1.807) is 30.7 Å². The van der Waals surface area contributed by atoms with Crippen LogP contribution in [0.5, 0.6) is 0 Å². The monoisotopic (exact) mass is 285 g/mol. The molecule has 0 fully saturated rings. The lowest BCUT2D eigenvalue weighted by Gasteiger charge is -2.11. The summed E-state index contributed by atoms with van der Waals surface area (Å²) in [5.41, 5.74) is 3.55. The lowest BCUT2D eigenvalue weighted by Crippen LogP contribution is -2.15. The van der Waals surface area contributed by atoms with Crippen molar-refractivity contribution in [2.45, 2.75) is 26.7 Å². The van der Waals surface area contributed by atoms with Crippen LogP contribution in [0.2, 0.25) is 0 Å². The highest BCUT2D eigenvalue weighted by atomic mass is 16.4. The van der Waals surface area contributed by atoms with Gasteiger partial charge in [-0.15, -0.1) is 0 Å². The van der Waals surface area contributed by atoms with Gasteiger partial charge in [-0.25, -0.2) is 0 Å². The van der Waals surface area contributed by atoms with Crippen molar-refractivity contribution in [3.8, 4) is 0 Å². The molecule has 1 unspecified atom stereocenters. The quantitative estimate of drug-likeness (QED) is 0.878. The van der Waals surface area contributed by atoms with Crippen molar-refractivity contribution in [3.63, 3.8) is 0 Å². The van der Waals surface area contributed by atoms with Crippen LogP contribution >= 0.6 is 0 Å². The Labute approximate surface area is 124 Å². The molecule has 0 aliphatic carbocycles. The standard InChI is InChI=1S/C17H19NO3/c1-10-7-5-6-8-13(10)16(19)15-11(2)9-14(18(15)4)12(3)17(20)21/h5-9,12H,1-4H3,(H,20,21). The van der Waals surface area contributed by atoms with E-state index < -0.39 is 11.9 Å². The first-order valence-electron chi connectivity index (χ1n) is 6.84. The summed E-state index contributed by atoms with van der Waals surface area (Å²) in [6.07, 6.45) is 0. The Bertz CT molecular complexity index is 713. The molecule has 0 aliphatic rings. The number of rotatable bonds is 4. The normalized spacial score (nSPS) is 12.2. The Kier molecular flexibility index (Phi) is 3.98. The summed E-state index contributed by atoms with van der Waals surface area (Å²) >= 11 is 0. The lowest BCUT2D eigenvalue weighted by molar-refractivity contribution is -0.138. The van der Waals surface area contributed by atoms with Gasteiger partial charge in [0, 0.05) is 18.3 Å². The summed E-state index contributed by atoms with van der Waals surface area (Å²) in [6, 6.07) is 9.20. The van der Waals surface area contributed by atoms with Crippen LogP contribution < -0.4 is 0 Å². The van der Waals surface area contributed by atoms with Crippen LogP contribution in [0, 0.1) is 13.8 Å². The van der Waals surface area contributed by atoms with Crippen LogP contribution in [0.4, 0.5) is 0 Å². The van der Waals surface area contributed by atoms with E-state index in [9.17, 15) is 9.59 Å². The topological polar surface area (TPSA) is 59.3 Å². The van der Waals surface area contributed by atoms with Gasteiger partial charge in [0.2, 0.25) is 5.78 Å². The number of carboxylic acid groups (broad SMARTS) is 1. The highest BCUT2D eigenvalue weighted by molar-refractivity contribution is 6.10. The fourth-order valence-corrected chi connectivity index (χ4v) is 2.61. The summed E-state index contributed by atoms with van der Waals surface area (Å²) < 4.78 is 1.70. The van der Waals surface area contributed by atoms with Crippen LogP contribution in [-0.4, -0.2) is 21.4 Å².